The zero-order valence-electron chi connectivity index (χ0n) is 32.5. The Bertz CT molecular complexity index is 2100. The van der Waals surface area contributed by atoms with Gasteiger partial charge in [-0.15, -0.1) is 0 Å². The van der Waals surface area contributed by atoms with Gasteiger partial charge in [0, 0.05) is 49.1 Å². The number of hydrogen-bond donors (Lipinski definition) is 8. The zero-order chi connectivity index (χ0) is 40.8. The standard InChI is InChI=1S/C40H51N9O8/c1-21(2)15-32-40(56)49-20-25(50)17-33(49)39(55)41-14-8-7-11-28(44-38(54)31-18-29(47-48-31)34-13-12-22(3)57-34)36(52)43-23(4)35(51)45-30(37(53)46-32)16-24-19-42-27-10-6-5-9-26(24)27/h5-6,9-10,12-13,18-19,21,23,25,28,30,32-33,42,50H,7-8,11,14-17,20H2,1-4H3,(H,41,55)(H,43,52)(H,44,54)(H,45,51)(H,46,53)(H,47,48)/t23-,25-,28+,30+,32-,33+/m1/s1. The number of furan rings is 1. The molecule has 0 spiro atoms. The third kappa shape index (κ3) is 9.89. The summed E-state index contributed by atoms with van der Waals surface area (Å²) in [7, 11) is 0. The summed E-state index contributed by atoms with van der Waals surface area (Å²) in [5.74, 6) is -2.42. The molecule has 57 heavy (non-hydrogen) atoms. The lowest BCUT2D eigenvalue weighted by atomic mass is 10.00. The van der Waals surface area contributed by atoms with Gasteiger partial charge in [-0.1, -0.05) is 32.0 Å². The summed E-state index contributed by atoms with van der Waals surface area (Å²) in [5.41, 5.74) is 2.05. The van der Waals surface area contributed by atoms with Crippen molar-refractivity contribution < 1.29 is 38.3 Å². The SMILES string of the molecule is Cc1ccc(-c2cc(C(=O)N[C@H]3CCCCNC(=O)[C@@H]4C[C@@H](O)CN4C(=O)[C@@H](CC(C)C)NC(=O)[C@H](Cc4c[nH]c5ccccc45)NC(=O)[C@@H](C)NC3=O)n[nH]2)o1. The Kier molecular flexibility index (Phi) is 12.8. The van der Waals surface area contributed by atoms with Crippen LogP contribution in [0.15, 0.2) is 53.1 Å². The number of H-pyrrole nitrogens is 2. The summed E-state index contributed by atoms with van der Waals surface area (Å²) < 4.78 is 5.62. The first kappa shape index (κ1) is 40.7. The van der Waals surface area contributed by atoms with Crippen LogP contribution in [0.25, 0.3) is 22.4 Å². The van der Waals surface area contributed by atoms with Gasteiger partial charge in [-0.05, 0) is 69.2 Å². The van der Waals surface area contributed by atoms with E-state index in [0.29, 0.717) is 30.1 Å². The van der Waals surface area contributed by atoms with Crippen molar-refractivity contribution in [2.24, 2.45) is 5.92 Å². The third-order valence-corrected chi connectivity index (χ3v) is 10.3. The fraction of sp³-hybridized carbons (Fsp3) is 0.475. The molecule has 17 nitrogen and oxygen atoms in total. The molecule has 6 rings (SSSR count). The first-order valence-electron chi connectivity index (χ1n) is 19.4. The van der Waals surface area contributed by atoms with Crippen LogP contribution in [0, 0.1) is 12.8 Å². The molecule has 2 saturated heterocycles. The van der Waals surface area contributed by atoms with Crippen LogP contribution in [-0.4, -0.2) is 110 Å². The van der Waals surface area contributed by atoms with E-state index in [1.807, 2.05) is 38.1 Å². The van der Waals surface area contributed by atoms with Gasteiger partial charge < -0.3 is 46.0 Å². The highest BCUT2D eigenvalue weighted by atomic mass is 16.3. The van der Waals surface area contributed by atoms with Gasteiger partial charge >= 0.3 is 0 Å². The maximum absolute atomic E-state index is 14.2. The van der Waals surface area contributed by atoms with Gasteiger partial charge in [0.15, 0.2) is 11.5 Å². The molecule has 0 unspecified atom stereocenters. The van der Waals surface area contributed by atoms with Crippen molar-refractivity contribution in [3.05, 3.63) is 65.7 Å². The second-order valence-corrected chi connectivity index (χ2v) is 15.3. The molecule has 0 saturated carbocycles. The topological polar surface area (TPSA) is 244 Å². The molecular formula is C40H51N9O8. The van der Waals surface area contributed by atoms with Crippen molar-refractivity contribution in [3.63, 3.8) is 0 Å². The fourth-order valence-electron chi connectivity index (χ4n) is 7.32. The van der Waals surface area contributed by atoms with E-state index in [1.165, 1.54) is 17.9 Å². The third-order valence-electron chi connectivity index (χ3n) is 10.3. The van der Waals surface area contributed by atoms with Crippen molar-refractivity contribution in [3.8, 4) is 11.5 Å². The molecule has 304 valence electrons. The summed E-state index contributed by atoms with van der Waals surface area (Å²) in [5, 5.41) is 32.2. The number of nitrogens with zero attached hydrogens (tertiary/aromatic N) is 2. The molecule has 6 amide bonds. The van der Waals surface area contributed by atoms with Crippen molar-refractivity contribution in [1.29, 1.82) is 0 Å². The minimum atomic E-state index is -1.19. The Balaban J connectivity index is 1.27. The fourth-order valence-corrected chi connectivity index (χ4v) is 7.32. The largest absolute Gasteiger partial charge is 0.460 e. The molecule has 5 heterocycles. The molecular weight excluding hydrogens is 734 g/mol. The van der Waals surface area contributed by atoms with Gasteiger partial charge in [0.05, 0.1) is 6.10 Å². The second kappa shape index (κ2) is 17.9. The Morgan fingerprint density at radius 1 is 0.982 bits per heavy atom. The number of aromatic amines is 2. The molecule has 2 aliphatic rings. The number of aliphatic hydroxyl groups excluding tert-OH is 1. The van der Waals surface area contributed by atoms with Crippen LogP contribution in [0.1, 0.15) is 74.7 Å². The lowest BCUT2D eigenvalue weighted by Crippen LogP contribution is -2.59. The predicted octanol–water partition coefficient (Wildman–Crippen LogP) is 1.58. The number of carbonyl (C=O) groups excluding carboxylic acids is 6. The highest BCUT2D eigenvalue weighted by Crippen LogP contribution is 2.24. The van der Waals surface area contributed by atoms with Gasteiger partial charge in [-0.25, -0.2) is 0 Å². The van der Waals surface area contributed by atoms with Crippen LogP contribution in [0.5, 0.6) is 0 Å². The average molecular weight is 786 g/mol. The molecule has 0 radical (unpaired) electrons. The molecule has 2 fully saturated rings. The highest BCUT2D eigenvalue weighted by Gasteiger charge is 2.42. The van der Waals surface area contributed by atoms with Gasteiger partial charge in [-0.3, -0.25) is 33.9 Å². The molecule has 2 aliphatic heterocycles. The number of amides is 6. The zero-order valence-corrected chi connectivity index (χ0v) is 32.5. The monoisotopic (exact) mass is 785 g/mol. The van der Waals surface area contributed by atoms with Crippen LogP contribution < -0.4 is 26.6 Å². The number of aryl methyl sites for hydroxylation is 1. The van der Waals surface area contributed by atoms with Crippen LogP contribution in [0.2, 0.25) is 0 Å². The van der Waals surface area contributed by atoms with E-state index in [4.69, 9.17) is 4.42 Å². The van der Waals surface area contributed by atoms with Gasteiger partial charge in [0.25, 0.3) is 5.91 Å². The second-order valence-electron chi connectivity index (χ2n) is 15.3. The summed E-state index contributed by atoms with van der Waals surface area (Å²) in [6.45, 7) is 7.17. The Morgan fingerprint density at radius 2 is 1.75 bits per heavy atom. The van der Waals surface area contributed by atoms with E-state index in [2.05, 4.69) is 41.8 Å². The minimum Gasteiger partial charge on any atom is -0.460 e. The van der Waals surface area contributed by atoms with Crippen LogP contribution in [0.3, 0.4) is 0 Å². The summed E-state index contributed by atoms with van der Waals surface area (Å²) in [6.07, 6.45) is 2.06. The minimum absolute atomic E-state index is 0.0141. The van der Waals surface area contributed by atoms with Gasteiger partial charge in [0.1, 0.15) is 41.7 Å². The van der Waals surface area contributed by atoms with Crippen LogP contribution >= 0.6 is 0 Å². The quantitative estimate of drug-likeness (QED) is 0.135. The van der Waals surface area contributed by atoms with Crippen molar-refractivity contribution in [2.75, 3.05) is 13.1 Å². The lowest BCUT2D eigenvalue weighted by molar-refractivity contribution is -0.142. The van der Waals surface area contributed by atoms with E-state index in [1.54, 1.807) is 25.3 Å². The number of aliphatic hydroxyl groups is 1. The number of nitrogens with one attached hydrogen (secondary N) is 7. The number of fused-ring (bicyclic) bond motifs is 2. The maximum Gasteiger partial charge on any atom is 0.272 e. The molecule has 1 aromatic carbocycles. The predicted molar refractivity (Wildman–Crippen MR) is 208 cm³/mol. The van der Waals surface area contributed by atoms with E-state index >= 15 is 0 Å². The van der Waals surface area contributed by atoms with Crippen molar-refractivity contribution >= 4 is 46.3 Å². The Morgan fingerprint density at radius 3 is 2.51 bits per heavy atom. The molecule has 0 bridgehead atoms. The first-order valence-corrected chi connectivity index (χ1v) is 19.4. The summed E-state index contributed by atoms with van der Waals surface area (Å²) in [6, 6.07) is 7.05. The number of benzene rings is 1. The van der Waals surface area contributed by atoms with Crippen LogP contribution in [-0.2, 0) is 30.4 Å². The van der Waals surface area contributed by atoms with Crippen molar-refractivity contribution in [2.45, 2.75) is 103 Å². The molecule has 17 heteroatoms. The number of carbonyl (C=O) groups is 6. The van der Waals surface area contributed by atoms with Crippen LogP contribution in [0.4, 0.5) is 0 Å². The normalized spacial score (nSPS) is 24.5. The molecule has 4 aromatic rings. The number of hydrogen-bond acceptors (Lipinski definition) is 9. The highest BCUT2D eigenvalue weighted by molar-refractivity contribution is 5.99. The van der Waals surface area contributed by atoms with E-state index < -0.39 is 71.8 Å². The number of para-hydroxylation sites is 1. The van der Waals surface area contributed by atoms with E-state index in [9.17, 15) is 33.9 Å². The molecule has 6 atom stereocenters. The average Bonchev–Trinajstić information content (AvgIpc) is 3.99. The maximum atomic E-state index is 14.2. The van der Waals surface area contributed by atoms with Gasteiger partial charge in [-0.2, -0.15) is 5.10 Å². The van der Waals surface area contributed by atoms with Gasteiger partial charge in [0.2, 0.25) is 29.5 Å². The number of rotatable bonds is 7. The molecule has 0 aliphatic carbocycles. The number of aromatic nitrogens is 3. The van der Waals surface area contributed by atoms with E-state index in [0.717, 1.165) is 16.5 Å². The molecule has 8 N–H and O–H groups in total. The molecule has 3 aromatic heterocycles. The lowest BCUT2D eigenvalue weighted by Gasteiger charge is -2.30. The Hall–Kier alpha value is -5.97. The first-order chi connectivity index (χ1) is 27.3. The van der Waals surface area contributed by atoms with E-state index in [-0.39, 0.29) is 50.4 Å². The summed E-state index contributed by atoms with van der Waals surface area (Å²) in [4.78, 5) is 87.3. The Labute approximate surface area is 329 Å². The smallest absolute Gasteiger partial charge is 0.272 e. The summed E-state index contributed by atoms with van der Waals surface area (Å²) >= 11 is 0. The van der Waals surface area contributed by atoms with Crippen molar-refractivity contribution in [1.82, 2.24) is 46.7 Å².